The first-order chi connectivity index (χ1) is 14.6. The summed E-state index contributed by atoms with van der Waals surface area (Å²) in [6.07, 6.45) is 4.20. The molecule has 0 radical (unpaired) electrons. The number of nitrogens with zero attached hydrogens (tertiary/aromatic N) is 4. The van der Waals surface area contributed by atoms with E-state index in [0.717, 1.165) is 40.2 Å². The molecule has 1 unspecified atom stereocenters. The van der Waals surface area contributed by atoms with Crippen LogP contribution in [0.3, 0.4) is 0 Å². The molecule has 150 valence electrons. The number of para-hydroxylation sites is 1. The lowest BCUT2D eigenvalue weighted by atomic mass is 10.0. The lowest BCUT2D eigenvalue weighted by molar-refractivity contribution is 0.0928. The van der Waals surface area contributed by atoms with Gasteiger partial charge < -0.3 is 10.1 Å². The molecule has 0 aliphatic carbocycles. The van der Waals surface area contributed by atoms with Gasteiger partial charge in [-0.1, -0.05) is 24.3 Å². The molecule has 5 rings (SSSR count). The van der Waals surface area contributed by atoms with Crippen molar-refractivity contribution in [1.82, 2.24) is 24.9 Å². The number of hydrogen-bond acceptors (Lipinski definition) is 5. The number of nitrogens with one attached hydrogen (secondary N) is 1. The Balaban J connectivity index is 1.29. The maximum Gasteiger partial charge on any atom is 0.272 e. The number of benzene rings is 1. The summed E-state index contributed by atoms with van der Waals surface area (Å²) in [5, 5.41) is 7.34. The van der Waals surface area contributed by atoms with Crippen LogP contribution in [0.2, 0.25) is 0 Å². The van der Waals surface area contributed by atoms with E-state index < -0.39 is 0 Å². The van der Waals surface area contributed by atoms with Crippen molar-refractivity contribution in [2.45, 2.75) is 26.4 Å². The van der Waals surface area contributed by atoms with E-state index in [0.29, 0.717) is 17.9 Å². The second-order valence-electron chi connectivity index (χ2n) is 7.53. The first kappa shape index (κ1) is 18.3. The van der Waals surface area contributed by atoms with Crippen molar-refractivity contribution in [1.29, 1.82) is 0 Å². The molecule has 7 nitrogen and oxygen atoms in total. The third-order valence-electron chi connectivity index (χ3n) is 5.26. The van der Waals surface area contributed by atoms with Gasteiger partial charge in [0.25, 0.3) is 5.91 Å². The molecule has 1 aromatic carbocycles. The molecule has 1 N–H and O–H groups in total. The van der Waals surface area contributed by atoms with Gasteiger partial charge in [-0.3, -0.25) is 9.78 Å². The number of ether oxygens (including phenoxy) is 1. The van der Waals surface area contributed by atoms with Crippen molar-refractivity contribution in [3.63, 3.8) is 0 Å². The molecule has 1 amide bonds. The van der Waals surface area contributed by atoms with E-state index in [2.05, 4.69) is 26.4 Å². The number of pyridine rings is 1. The normalized spacial score (nSPS) is 15.1. The molecule has 7 heteroatoms. The highest BCUT2D eigenvalue weighted by atomic mass is 16.5. The Hall–Kier alpha value is -3.74. The first-order valence-corrected chi connectivity index (χ1v) is 9.89. The Kier molecular flexibility index (Phi) is 4.43. The Morgan fingerprint density at radius 3 is 2.97 bits per heavy atom. The van der Waals surface area contributed by atoms with E-state index in [1.165, 1.54) is 0 Å². The smallest absolute Gasteiger partial charge is 0.272 e. The van der Waals surface area contributed by atoms with Crippen LogP contribution >= 0.6 is 0 Å². The Morgan fingerprint density at radius 2 is 2.13 bits per heavy atom. The van der Waals surface area contributed by atoms with Crippen LogP contribution in [0.1, 0.15) is 27.4 Å². The standard InChI is InChI=1S/C23H21N5O2/c1-14-9-15(2)28-21(26-14)11-20(27-28)23(29)25-13-18-10-16-5-3-7-19(22(16)30-18)17-6-4-8-24-12-17/h3-9,11-12,18H,10,13H2,1-2H3,(H,25,29). The third-order valence-corrected chi connectivity index (χ3v) is 5.26. The highest BCUT2D eigenvalue weighted by molar-refractivity contribution is 5.93. The van der Waals surface area contributed by atoms with Gasteiger partial charge in [-0.15, -0.1) is 0 Å². The van der Waals surface area contributed by atoms with Crippen molar-refractivity contribution in [3.05, 3.63) is 77.5 Å². The molecule has 4 aromatic rings. The van der Waals surface area contributed by atoms with E-state index >= 15 is 0 Å². The monoisotopic (exact) mass is 399 g/mol. The fourth-order valence-corrected chi connectivity index (χ4v) is 3.90. The summed E-state index contributed by atoms with van der Waals surface area (Å²) in [4.78, 5) is 21.3. The minimum atomic E-state index is -0.232. The van der Waals surface area contributed by atoms with Crippen LogP contribution in [0.5, 0.6) is 5.75 Å². The minimum absolute atomic E-state index is 0.124. The maximum atomic E-state index is 12.7. The van der Waals surface area contributed by atoms with Gasteiger partial charge in [0, 0.05) is 47.4 Å². The molecular formula is C23H21N5O2. The fraction of sp³-hybridized carbons (Fsp3) is 0.217. The third kappa shape index (κ3) is 3.28. The van der Waals surface area contributed by atoms with Crippen LogP contribution in [0.15, 0.2) is 54.9 Å². The molecule has 0 bridgehead atoms. The highest BCUT2D eigenvalue weighted by Crippen LogP contribution is 2.38. The number of aromatic nitrogens is 4. The predicted octanol–water partition coefficient (Wildman–Crippen LogP) is 3.14. The zero-order valence-electron chi connectivity index (χ0n) is 16.8. The van der Waals surface area contributed by atoms with Crippen molar-refractivity contribution < 1.29 is 9.53 Å². The highest BCUT2D eigenvalue weighted by Gasteiger charge is 2.26. The number of aryl methyl sites for hydroxylation is 2. The Bertz CT molecular complexity index is 1250. The molecule has 0 saturated carbocycles. The molecule has 0 spiro atoms. The molecule has 0 saturated heterocycles. The van der Waals surface area contributed by atoms with Crippen molar-refractivity contribution in [3.8, 4) is 16.9 Å². The summed E-state index contributed by atoms with van der Waals surface area (Å²) < 4.78 is 7.88. The summed E-state index contributed by atoms with van der Waals surface area (Å²) in [7, 11) is 0. The Morgan fingerprint density at radius 1 is 1.23 bits per heavy atom. The van der Waals surface area contributed by atoms with Crippen LogP contribution in [0.25, 0.3) is 16.8 Å². The van der Waals surface area contributed by atoms with E-state index in [1.54, 1.807) is 16.8 Å². The fourth-order valence-electron chi connectivity index (χ4n) is 3.90. The van der Waals surface area contributed by atoms with Gasteiger partial charge in [0.2, 0.25) is 0 Å². The number of rotatable bonds is 4. The topological polar surface area (TPSA) is 81.4 Å². The average Bonchev–Trinajstić information content (AvgIpc) is 3.36. The van der Waals surface area contributed by atoms with E-state index in [1.807, 2.05) is 50.4 Å². The van der Waals surface area contributed by atoms with Crippen LogP contribution < -0.4 is 10.1 Å². The number of carbonyl (C=O) groups excluding carboxylic acids is 1. The minimum Gasteiger partial charge on any atom is -0.487 e. The van der Waals surface area contributed by atoms with Gasteiger partial charge in [0.15, 0.2) is 11.3 Å². The zero-order chi connectivity index (χ0) is 20.7. The lowest BCUT2D eigenvalue weighted by Gasteiger charge is -2.13. The number of amides is 1. The largest absolute Gasteiger partial charge is 0.487 e. The molecule has 0 fully saturated rings. The van der Waals surface area contributed by atoms with Crippen LogP contribution in [0.4, 0.5) is 0 Å². The van der Waals surface area contributed by atoms with Crippen molar-refractivity contribution >= 4 is 11.6 Å². The van der Waals surface area contributed by atoms with Crippen molar-refractivity contribution in [2.75, 3.05) is 6.54 Å². The quantitative estimate of drug-likeness (QED) is 0.570. The summed E-state index contributed by atoms with van der Waals surface area (Å²) in [6.45, 7) is 4.27. The molecule has 4 heterocycles. The zero-order valence-corrected chi connectivity index (χ0v) is 16.8. The van der Waals surface area contributed by atoms with Gasteiger partial charge in [0.1, 0.15) is 11.9 Å². The van der Waals surface area contributed by atoms with Gasteiger partial charge >= 0.3 is 0 Å². The van der Waals surface area contributed by atoms with Crippen LogP contribution in [-0.4, -0.2) is 38.1 Å². The number of carbonyl (C=O) groups is 1. The summed E-state index contributed by atoms with van der Waals surface area (Å²) in [6, 6.07) is 13.7. The molecular weight excluding hydrogens is 378 g/mol. The molecule has 1 atom stereocenters. The number of hydrogen-bond donors (Lipinski definition) is 1. The maximum absolute atomic E-state index is 12.7. The van der Waals surface area contributed by atoms with Crippen LogP contribution in [-0.2, 0) is 6.42 Å². The lowest BCUT2D eigenvalue weighted by Crippen LogP contribution is -2.34. The Labute approximate surface area is 173 Å². The van der Waals surface area contributed by atoms with Gasteiger partial charge in [-0.25, -0.2) is 9.50 Å². The van der Waals surface area contributed by atoms with E-state index in [-0.39, 0.29) is 12.0 Å². The SMILES string of the molecule is Cc1cc(C)n2nc(C(=O)NCC3Cc4cccc(-c5cccnc5)c4O3)cc2n1. The molecule has 1 aliphatic heterocycles. The van der Waals surface area contributed by atoms with Crippen LogP contribution in [0, 0.1) is 13.8 Å². The predicted molar refractivity (Wildman–Crippen MR) is 113 cm³/mol. The van der Waals surface area contributed by atoms with E-state index in [4.69, 9.17) is 4.74 Å². The molecule has 3 aromatic heterocycles. The second kappa shape index (κ2) is 7.26. The average molecular weight is 399 g/mol. The van der Waals surface area contributed by atoms with Gasteiger partial charge in [-0.2, -0.15) is 5.10 Å². The van der Waals surface area contributed by atoms with Crippen molar-refractivity contribution in [2.24, 2.45) is 0 Å². The van der Waals surface area contributed by atoms with Gasteiger partial charge in [-0.05, 0) is 31.5 Å². The molecule has 30 heavy (non-hydrogen) atoms. The first-order valence-electron chi connectivity index (χ1n) is 9.89. The number of fused-ring (bicyclic) bond motifs is 2. The van der Waals surface area contributed by atoms with Gasteiger partial charge in [0.05, 0.1) is 6.54 Å². The molecule has 1 aliphatic rings. The van der Waals surface area contributed by atoms with E-state index in [9.17, 15) is 4.79 Å². The summed E-state index contributed by atoms with van der Waals surface area (Å²) >= 11 is 0. The second-order valence-corrected chi connectivity index (χ2v) is 7.53. The summed E-state index contributed by atoms with van der Waals surface area (Å²) in [5.74, 6) is 0.636. The summed E-state index contributed by atoms with van der Waals surface area (Å²) in [5.41, 5.74) is 6.03.